The molecule has 0 amide bonds. The maximum absolute atomic E-state index is 12.4. The quantitative estimate of drug-likeness (QED) is 0.470. The van der Waals surface area contributed by atoms with Crippen molar-refractivity contribution in [1.82, 2.24) is 9.55 Å². The van der Waals surface area contributed by atoms with Gasteiger partial charge in [0.1, 0.15) is 12.4 Å². The van der Waals surface area contributed by atoms with Crippen molar-refractivity contribution >= 4 is 44.9 Å². The minimum absolute atomic E-state index is 0.00972. The minimum atomic E-state index is -3.55. The number of aliphatic hydroxyl groups is 1. The van der Waals surface area contributed by atoms with Gasteiger partial charge in [0, 0.05) is 32.9 Å². The Labute approximate surface area is 158 Å². The molecule has 0 aliphatic heterocycles. The average Bonchev–Trinajstić information content (AvgIpc) is 2.89. The number of sulfone groups is 1. The number of pyridine rings is 1. The fraction of sp³-hybridized carbons (Fsp3) is 0.562. The van der Waals surface area contributed by atoms with E-state index in [4.69, 9.17) is 9.84 Å². The van der Waals surface area contributed by atoms with E-state index in [0.29, 0.717) is 23.5 Å². The summed E-state index contributed by atoms with van der Waals surface area (Å²) in [7, 11) is -4.69. The van der Waals surface area contributed by atoms with Gasteiger partial charge in [-0.05, 0) is 40.5 Å². The highest BCUT2D eigenvalue weighted by molar-refractivity contribution is 9.10. The number of hydrogen-bond acceptors (Lipinski definition) is 5. The van der Waals surface area contributed by atoms with Crippen molar-refractivity contribution in [3.05, 3.63) is 22.8 Å². The van der Waals surface area contributed by atoms with E-state index < -0.39 is 17.9 Å². The first-order valence-corrected chi connectivity index (χ1v) is 14.4. The van der Waals surface area contributed by atoms with Crippen LogP contribution < -0.4 is 0 Å². The van der Waals surface area contributed by atoms with Crippen LogP contribution >= 0.6 is 15.9 Å². The highest BCUT2D eigenvalue weighted by Gasteiger charge is 2.21. The van der Waals surface area contributed by atoms with Crippen molar-refractivity contribution in [2.24, 2.45) is 0 Å². The Morgan fingerprint density at radius 1 is 1.36 bits per heavy atom. The van der Waals surface area contributed by atoms with E-state index in [1.807, 2.05) is 16.8 Å². The standard InChI is InChI=1S/C16H25BrN2O4SSi/c1-25(2,3)10-8-23-12-19-6-5-13-11-14(17)16(18-15(13)19)24(21,22)9-4-7-20/h5-6,11,20H,4,7-10,12H2,1-3H3. The zero-order chi connectivity index (χ0) is 18.7. The van der Waals surface area contributed by atoms with Gasteiger partial charge in [-0.3, -0.25) is 0 Å². The Kier molecular flexibility index (Phi) is 6.83. The van der Waals surface area contributed by atoms with Gasteiger partial charge in [0.15, 0.2) is 14.9 Å². The summed E-state index contributed by atoms with van der Waals surface area (Å²) < 4.78 is 32.8. The lowest BCUT2D eigenvalue weighted by Gasteiger charge is -2.15. The summed E-state index contributed by atoms with van der Waals surface area (Å²) in [6.07, 6.45) is 2.04. The number of aliphatic hydroxyl groups excluding tert-OH is 1. The summed E-state index contributed by atoms with van der Waals surface area (Å²) in [6, 6.07) is 4.72. The lowest BCUT2D eigenvalue weighted by molar-refractivity contribution is 0.0898. The van der Waals surface area contributed by atoms with Gasteiger partial charge in [0.05, 0.1) is 10.2 Å². The van der Waals surface area contributed by atoms with E-state index in [2.05, 4.69) is 40.6 Å². The Hall–Kier alpha value is -0.743. The van der Waals surface area contributed by atoms with E-state index in [9.17, 15) is 8.42 Å². The van der Waals surface area contributed by atoms with Crippen molar-refractivity contribution < 1.29 is 18.3 Å². The van der Waals surface area contributed by atoms with E-state index in [1.54, 1.807) is 6.07 Å². The molecule has 0 spiro atoms. The van der Waals surface area contributed by atoms with Crippen LogP contribution in [0.2, 0.25) is 25.7 Å². The Morgan fingerprint density at radius 3 is 2.72 bits per heavy atom. The monoisotopic (exact) mass is 448 g/mol. The van der Waals surface area contributed by atoms with Crippen LogP contribution in [0.15, 0.2) is 27.8 Å². The zero-order valence-corrected chi connectivity index (χ0v) is 18.2. The van der Waals surface area contributed by atoms with Gasteiger partial charge in [-0.15, -0.1) is 0 Å². The molecule has 0 saturated carbocycles. The molecule has 0 aliphatic rings. The molecule has 0 unspecified atom stereocenters. The van der Waals surface area contributed by atoms with Crippen LogP contribution in [0, 0.1) is 0 Å². The molecule has 25 heavy (non-hydrogen) atoms. The first-order chi connectivity index (χ1) is 11.6. The second-order valence-corrected chi connectivity index (χ2v) is 15.7. The van der Waals surface area contributed by atoms with E-state index in [0.717, 1.165) is 11.4 Å². The number of nitrogens with zero attached hydrogens (tertiary/aromatic N) is 2. The molecule has 0 bridgehead atoms. The fourth-order valence-electron chi connectivity index (χ4n) is 2.29. The zero-order valence-electron chi connectivity index (χ0n) is 14.8. The largest absolute Gasteiger partial charge is 0.396 e. The average molecular weight is 449 g/mol. The Morgan fingerprint density at radius 2 is 2.08 bits per heavy atom. The van der Waals surface area contributed by atoms with Crippen molar-refractivity contribution in [1.29, 1.82) is 0 Å². The molecular weight excluding hydrogens is 424 g/mol. The molecule has 9 heteroatoms. The third-order valence-corrected chi connectivity index (χ3v) is 8.05. The molecule has 0 aromatic carbocycles. The first kappa shape index (κ1) is 20.6. The minimum Gasteiger partial charge on any atom is -0.396 e. The molecule has 1 N–H and O–H groups in total. The van der Waals surface area contributed by atoms with Gasteiger partial charge in [-0.25, -0.2) is 13.4 Å². The van der Waals surface area contributed by atoms with Gasteiger partial charge < -0.3 is 14.4 Å². The number of hydrogen-bond donors (Lipinski definition) is 1. The molecule has 2 rings (SSSR count). The SMILES string of the molecule is C[Si](C)(C)CCOCn1ccc2cc(Br)c(S(=O)(=O)CCCO)nc21. The summed E-state index contributed by atoms with van der Waals surface area (Å²) in [5, 5.41) is 9.75. The second-order valence-electron chi connectivity index (χ2n) is 7.22. The van der Waals surface area contributed by atoms with E-state index in [1.165, 1.54) is 0 Å². The maximum Gasteiger partial charge on any atom is 0.196 e. The third kappa shape index (κ3) is 5.62. The molecule has 2 heterocycles. The van der Waals surface area contributed by atoms with Crippen LogP contribution in [0.5, 0.6) is 0 Å². The molecule has 0 atom stereocenters. The number of rotatable bonds is 9. The van der Waals surface area contributed by atoms with Gasteiger partial charge >= 0.3 is 0 Å². The number of halogens is 1. The summed E-state index contributed by atoms with van der Waals surface area (Å²) in [5.74, 6) is -0.131. The molecule has 0 saturated heterocycles. The van der Waals surface area contributed by atoms with Crippen LogP contribution in [-0.4, -0.2) is 50.1 Å². The molecule has 0 aliphatic carbocycles. The Bertz CT molecular complexity index is 831. The highest BCUT2D eigenvalue weighted by Crippen LogP contribution is 2.26. The van der Waals surface area contributed by atoms with Crippen molar-refractivity contribution in [2.45, 2.75) is 43.9 Å². The molecular formula is C16H25BrN2O4SSi. The second kappa shape index (κ2) is 8.30. The van der Waals surface area contributed by atoms with Crippen LogP contribution in [0.3, 0.4) is 0 Å². The Balaban J connectivity index is 2.22. The van der Waals surface area contributed by atoms with Crippen molar-refractivity contribution in [3.8, 4) is 0 Å². The third-order valence-electron chi connectivity index (χ3n) is 3.75. The molecule has 0 radical (unpaired) electrons. The summed E-state index contributed by atoms with van der Waals surface area (Å²) in [4.78, 5) is 4.36. The van der Waals surface area contributed by atoms with Crippen LogP contribution in [-0.2, 0) is 21.3 Å². The predicted molar refractivity (Wildman–Crippen MR) is 105 cm³/mol. The molecule has 0 fully saturated rings. The fourth-order valence-corrected chi connectivity index (χ4v) is 5.40. The highest BCUT2D eigenvalue weighted by atomic mass is 79.9. The van der Waals surface area contributed by atoms with Crippen molar-refractivity contribution in [2.75, 3.05) is 19.0 Å². The van der Waals surface area contributed by atoms with Crippen LogP contribution in [0.25, 0.3) is 11.0 Å². The number of aromatic nitrogens is 2. The number of ether oxygens (including phenoxy) is 1. The topological polar surface area (TPSA) is 81.4 Å². The summed E-state index contributed by atoms with van der Waals surface area (Å²) in [5.41, 5.74) is 0.582. The van der Waals surface area contributed by atoms with Crippen LogP contribution in [0.1, 0.15) is 6.42 Å². The predicted octanol–water partition coefficient (Wildman–Crippen LogP) is 3.27. The summed E-state index contributed by atoms with van der Waals surface area (Å²) >= 11 is 3.30. The summed E-state index contributed by atoms with van der Waals surface area (Å²) in [6.45, 7) is 7.75. The van der Waals surface area contributed by atoms with Gasteiger partial charge in [0.25, 0.3) is 0 Å². The van der Waals surface area contributed by atoms with Crippen molar-refractivity contribution in [3.63, 3.8) is 0 Å². The van der Waals surface area contributed by atoms with E-state index >= 15 is 0 Å². The maximum atomic E-state index is 12.4. The number of fused-ring (bicyclic) bond motifs is 1. The van der Waals surface area contributed by atoms with Gasteiger partial charge in [-0.1, -0.05) is 19.6 Å². The normalized spacial score (nSPS) is 12.8. The molecule has 140 valence electrons. The lowest BCUT2D eigenvalue weighted by atomic mass is 10.3. The van der Waals surface area contributed by atoms with Gasteiger partial charge in [-0.2, -0.15) is 0 Å². The molecule has 2 aromatic heterocycles. The lowest BCUT2D eigenvalue weighted by Crippen LogP contribution is -2.22. The van der Waals surface area contributed by atoms with E-state index in [-0.39, 0.29) is 23.8 Å². The van der Waals surface area contributed by atoms with Gasteiger partial charge in [0.2, 0.25) is 0 Å². The first-order valence-electron chi connectivity index (χ1n) is 8.21. The molecule has 6 nitrogen and oxygen atoms in total. The molecule has 2 aromatic rings. The smallest absolute Gasteiger partial charge is 0.196 e. The van der Waals surface area contributed by atoms with Crippen LogP contribution in [0.4, 0.5) is 0 Å².